The minimum absolute atomic E-state index is 0.0298. The highest BCUT2D eigenvalue weighted by molar-refractivity contribution is 5.86. The molecule has 0 spiro atoms. The summed E-state index contributed by atoms with van der Waals surface area (Å²) < 4.78 is 5.43. The van der Waals surface area contributed by atoms with Crippen LogP contribution in [-0.2, 0) is 0 Å². The van der Waals surface area contributed by atoms with E-state index in [4.69, 9.17) is 9.84 Å². The Morgan fingerprint density at radius 1 is 1.24 bits per heavy atom. The number of carbonyl (C=O) groups is 1. The number of ether oxygens (including phenoxy) is 1. The minimum atomic E-state index is -1.06. The van der Waals surface area contributed by atoms with E-state index in [2.05, 4.69) is 9.97 Å². The molecule has 0 saturated carbocycles. The van der Waals surface area contributed by atoms with Gasteiger partial charge in [-0.25, -0.2) is 14.8 Å². The van der Waals surface area contributed by atoms with Crippen LogP contribution in [0.3, 0.4) is 0 Å². The molecule has 0 fully saturated rings. The van der Waals surface area contributed by atoms with Crippen LogP contribution in [-0.4, -0.2) is 21.0 Å². The molecule has 1 aromatic carbocycles. The maximum Gasteiger partial charge on any atom is 0.338 e. The number of carboxylic acid groups (broad SMARTS) is 1. The number of nitrogens with zero attached hydrogens (tertiary/aromatic N) is 2. The van der Waals surface area contributed by atoms with E-state index in [9.17, 15) is 4.79 Å². The lowest BCUT2D eigenvalue weighted by Crippen LogP contribution is -2.00. The van der Waals surface area contributed by atoms with E-state index in [1.807, 2.05) is 25.1 Å². The summed E-state index contributed by atoms with van der Waals surface area (Å²) in [4.78, 5) is 18.2. The number of aromatic carboxylic acids is 1. The van der Waals surface area contributed by atoms with Gasteiger partial charge < -0.3 is 9.84 Å². The smallest absolute Gasteiger partial charge is 0.338 e. The Hall–Kier alpha value is -2.43. The summed E-state index contributed by atoms with van der Waals surface area (Å²) in [7, 11) is 0. The average molecular weight is 230 g/mol. The molecule has 0 aliphatic rings. The fourth-order valence-corrected chi connectivity index (χ4v) is 1.25. The van der Waals surface area contributed by atoms with Gasteiger partial charge in [-0.15, -0.1) is 0 Å². The first kappa shape index (κ1) is 11.1. The van der Waals surface area contributed by atoms with Crippen LogP contribution in [0.15, 0.2) is 36.7 Å². The van der Waals surface area contributed by atoms with Crippen molar-refractivity contribution in [1.29, 1.82) is 0 Å². The predicted octanol–water partition coefficient (Wildman–Crippen LogP) is 2.28. The summed E-state index contributed by atoms with van der Waals surface area (Å²) in [5.41, 5.74) is 0.987. The highest BCUT2D eigenvalue weighted by Gasteiger charge is 2.06. The SMILES string of the molecule is Cc1ccccc1Oc1ncc(C(=O)O)cn1. The molecule has 1 N–H and O–H groups in total. The monoisotopic (exact) mass is 230 g/mol. The molecule has 0 saturated heterocycles. The molecule has 0 aliphatic carbocycles. The van der Waals surface area contributed by atoms with Crippen molar-refractivity contribution in [2.75, 3.05) is 0 Å². The van der Waals surface area contributed by atoms with Gasteiger partial charge in [0.25, 0.3) is 0 Å². The second kappa shape index (κ2) is 4.61. The number of rotatable bonds is 3. The van der Waals surface area contributed by atoms with Crippen molar-refractivity contribution in [3.05, 3.63) is 47.8 Å². The maximum absolute atomic E-state index is 10.6. The molecule has 2 aromatic rings. The van der Waals surface area contributed by atoms with Crippen molar-refractivity contribution in [2.45, 2.75) is 6.92 Å². The van der Waals surface area contributed by atoms with Crippen LogP contribution in [0, 0.1) is 6.92 Å². The van der Waals surface area contributed by atoms with E-state index in [1.165, 1.54) is 12.4 Å². The largest absolute Gasteiger partial charge is 0.478 e. The van der Waals surface area contributed by atoms with E-state index in [0.717, 1.165) is 5.56 Å². The van der Waals surface area contributed by atoms with Crippen LogP contribution < -0.4 is 4.74 Å². The van der Waals surface area contributed by atoms with E-state index in [-0.39, 0.29) is 11.6 Å². The Bertz CT molecular complexity index is 538. The molecule has 0 bridgehead atoms. The lowest BCUT2D eigenvalue weighted by molar-refractivity contribution is 0.0696. The molecule has 17 heavy (non-hydrogen) atoms. The van der Waals surface area contributed by atoms with Crippen LogP contribution in [0.1, 0.15) is 15.9 Å². The number of hydrogen-bond acceptors (Lipinski definition) is 4. The van der Waals surface area contributed by atoms with Gasteiger partial charge >= 0.3 is 12.0 Å². The normalized spacial score (nSPS) is 9.94. The van der Waals surface area contributed by atoms with Crippen molar-refractivity contribution < 1.29 is 14.6 Å². The van der Waals surface area contributed by atoms with Gasteiger partial charge in [0.15, 0.2) is 0 Å². The molecule has 1 heterocycles. The molecule has 86 valence electrons. The average Bonchev–Trinajstić information content (AvgIpc) is 2.33. The van der Waals surface area contributed by atoms with Gasteiger partial charge in [-0.1, -0.05) is 18.2 Å². The van der Waals surface area contributed by atoms with E-state index in [1.54, 1.807) is 6.07 Å². The Labute approximate surface area is 97.7 Å². The summed E-state index contributed by atoms with van der Waals surface area (Å²) in [5, 5.41) is 8.69. The zero-order chi connectivity index (χ0) is 12.3. The van der Waals surface area contributed by atoms with Crippen molar-refractivity contribution in [3.8, 4) is 11.8 Å². The molecular weight excluding hydrogens is 220 g/mol. The number of benzene rings is 1. The fourth-order valence-electron chi connectivity index (χ4n) is 1.25. The van der Waals surface area contributed by atoms with E-state index < -0.39 is 5.97 Å². The van der Waals surface area contributed by atoms with Gasteiger partial charge in [-0.3, -0.25) is 0 Å². The highest BCUT2D eigenvalue weighted by atomic mass is 16.5. The standard InChI is InChI=1S/C12H10N2O3/c1-8-4-2-3-5-10(8)17-12-13-6-9(7-14-12)11(15)16/h2-7H,1H3,(H,15,16). The summed E-state index contributed by atoms with van der Waals surface area (Å²) in [5.74, 6) is -0.414. The lowest BCUT2D eigenvalue weighted by atomic mass is 10.2. The maximum atomic E-state index is 10.6. The van der Waals surface area contributed by atoms with Gasteiger partial charge in [-0.2, -0.15) is 0 Å². The van der Waals surface area contributed by atoms with Gasteiger partial charge in [0, 0.05) is 12.4 Å². The molecular formula is C12H10N2O3. The second-order valence-electron chi connectivity index (χ2n) is 3.43. The number of carboxylic acids is 1. The number of para-hydroxylation sites is 1. The number of hydrogen-bond donors (Lipinski definition) is 1. The zero-order valence-electron chi connectivity index (χ0n) is 9.12. The van der Waals surface area contributed by atoms with E-state index >= 15 is 0 Å². The van der Waals surface area contributed by atoms with Crippen molar-refractivity contribution in [1.82, 2.24) is 9.97 Å². The molecule has 1 aromatic heterocycles. The summed E-state index contributed by atoms with van der Waals surface area (Å²) in [6, 6.07) is 7.57. The second-order valence-corrected chi connectivity index (χ2v) is 3.43. The Balaban J connectivity index is 2.20. The van der Waals surface area contributed by atoms with Crippen LogP contribution in [0.4, 0.5) is 0 Å². The summed E-state index contributed by atoms with van der Waals surface area (Å²) in [6.45, 7) is 1.90. The topological polar surface area (TPSA) is 72.3 Å². The molecule has 0 atom stereocenters. The third-order valence-corrected chi connectivity index (χ3v) is 2.17. The van der Waals surface area contributed by atoms with Crippen LogP contribution in [0.25, 0.3) is 0 Å². The van der Waals surface area contributed by atoms with Crippen LogP contribution >= 0.6 is 0 Å². The minimum Gasteiger partial charge on any atom is -0.478 e. The highest BCUT2D eigenvalue weighted by Crippen LogP contribution is 2.21. The number of aryl methyl sites for hydroxylation is 1. The van der Waals surface area contributed by atoms with Crippen molar-refractivity contribution in [2.24, 2.45) is 0 Å². The van der Waals surface area contributed by atoms with Crippen LogP contribution in [0.2, 0.25) is 0 Å². The summed E-state index contributed by atoms with van der Waals surface area (Å²) >= 11 is 0. The van der Waals surface area contributed by atoms with Gasteiger partial charge in [-0.05, 0) is 18.6 Å². The molecule has 0 amide bonds. The Morgan fingerprint density at radius 2 is 1.88 bits per heavy atom. The molecule has 5 heteroatoms. The molecule has 2 rings (SSSR count). The molecule has 5 nitrogen and oxygen atoms in total. The zero-order valence-corrected chi connectivity index (χ0v) is 9.12. The fraction of sp³-hybridized carbons (Fsp3) is 0.0833. The molecule has 0 aliphatic heterocycles. The molecule has 0 unspecified atom stereocenters. The predicted molar refractivity (Wildman–Crippen MR) is 60.2 cm³/mol. The molecule has 0 radical (unpaired) electrons. The third-order valence-electron chi connectivity index (χ3n) is 2.17. The quantitative estimate of drug-likeness (QED) is 0.875. The van der Waals surface area contributed by atoms with Gasteiger partial charge in [0.2, 0.25) is 0 Å². The van der Waals surface area contributed by atoms with Crippen molar-refractivity contribution >= 4 is 5.97 Å². The Kier molecular flexibility index (Phi) is 3.00. The lowest BCUT2D eigenvalue weighted by Gasteiger charge is -2.05. The first-order valence-corrected chi connectivity index (χ1v) is 4.95. The van der Waals surface area contributed by atoms with Gasteiger partial charge in [0.1, 0.15) is 5.75 Å². The third kappa shape index (κ3) is 2.57. The summed E-state index contributed by atoms with van der Waals surface area (Å²) in [6.07, 6.45) is 2.42. The number of aromatic nitrogens is 2. The van der Waals surface area contributed by atoms with Crippen molar-refractivity contribution in [3.63, 3.8) is 0 Å². The van der Waals surface area contributed by atoms with Crippen LogP contribution in [0.5, 0.6) is 11.8 Å². The Morgan fingerprint density at radius 3 is 2.47 bits per heavy atom. The van der Waals surface area contributed by atoms with E-state index in [0.29, 0.717) is 5.75 Å². The first-order valence-electron chi connectivity index (χ1n) is 4.95. The first-order chi connectivity index (χ1) is 8.16. The van der Waals surface area contributed by atoms with Gasteiger partial charge in [0.05, 0.1) is 5.56 Å².